The summed E-state index contributed by atoms with van der Waals surface area (Å²) in [4.78, 5) is 29.9. The van der Waals surface area contributed by atoms with Crippen molar-refractivity contribution in [2.75, 3.05) is 26.4 Å². The maximum absolute atomic E-state index is 12.9. The van der Waals surface area contributed by atoms with Gasteiger partial charge in [0.15, 0.2) is 6.29 Å². The van der Waals surface area contributed by atoms with Gasteiger partial charge in [-0.3, -0.25) is 14.6 Å². The number of hydrogen-bond acceptors (Lipinski definition) is 6. The molecular formula is C19H20N2O5. The lowest BCUT2D eigenvalue weighted by molar-refractivity contribution is -0.0151. The summed E-state index contributed by atoms with van der Waals surface area (Å²) >= 11 is 0. The van der Waals surface area contributed by atoms with E-state index in [1.807, 2.05) is 0 Å². The van der Waals surface area contributed by atoms with E-state index in [-0.39, 0.29) is 35.6 Å². The molecule has 2 aromatic rings. The van der Waals surface area contributed by atoms with Crippen molar-refractivity contribution in [3.63, 3.8) is 0 Å². The van der Waals surface area contributed by atoms with Crippen LogP contribution >= 0.6 is 0 Å². The first-order chi connectivity index (χ1) is 12.6. The first-order valence-electron chi connectivity index (χ1n) is 8.32. The number of hydrogen-bond donors (Lipinski definition) is 1. The van der Waals surface area contributed by atoms with Crippen LogP contribution in [0.5, 0.6) is 11.5 Å². The van der Waals surface area contributed by atoms with Gasteiger partial charge in [0.05, 0.1) is 30.4 Å². The van der Waals surface area contributed by atoms with Gasteiger partial charge >= 0.3 is 0 Å². The number of carbonyl (C=O) groups is 2. The second kappa shape index (κ2) is 7.97. The quantitative estimate of drug-likeness (QED) is 0.822. The van der Waals surface area contributed by atoms with Crippen molar-refractivity contribution in [2.24, 2.45) is 0 Å². The number of amides is 1. The van der Waals surface area contributed by atoms with Crippen molar-refractivity contribution >= 4 is 12.2 Å². The zero-order valence-corrected chi connectivity index (χ0v) is 14.4. The Labute approximate surface area is 151 Å². The summed E-state index contributed by atoms with van der Waals surface area (Å²) in [7, 11) is 0. The minimum Gasteiger partial charge on any atom is -0.507 e. The summed E-state index contributed by atoms with van der Waals surface area (Å²) in [5, 5.41) is 9.74. The Bertz CT molecular complexity index is 808. The summed E-state index contributed by atoms with van der Waals surface area (Å²) in [5.41, 5.74) is 1.30. The van der Waals surface area contributed by atoms with E-state index in [1.165, 1.54) is 6.07 Å². The Morgan fingerprint density at radius 2 is 2.27 bits per heavy atom. The predicted molar refractivity (Wildman–Crippen MR) is 93.6 cm³/mol. The minimum absolute atomic E-state index is 0.0882. The zero-order chi connectivity index (χ0) is 18.5. The molecule has 2 heterocycles. The van der Waals surface area contributed by atoms with Gasteiger partial charge in [-0.05, 0) is 31.2 Å². The van der Waals surface area contributed by atoms with Gasteiger partial charge in [0.25, 0.3) is 5.91 Å². The Balaban J connectivity index is 1.76. The number of aromatic hydroxyl groups is 1. The van der Waals surface area contributed by atoms with E-state index < -0.39 is 0 Å². The molecule has 1 unspecified atom stereocenters. The van der Waals surface area contributed by atoms with Crippen molar-refractivity contribution in [1.29, 1.82) is 0 Å². The molecule has 7 nitrogen and oxygen atoms in total. The second-order valence-electron chi connectivity index (χ2n) is 5.98. The molecule has 1 aromatic heterocycles. The van der Waals surface area contributed by atoms with Gasteiger partial charge in [-0.2, -0.15) is 0 Å². The monoisotopic (exact) mass is 356 g/mol. The largest absolute Gasteiger partial charge is 0.507 e. The van der Waals surface area contributed by atoms with E-state index >= 15 is 0 Å². The smallest absolute Gasteiger partial charge is 0.256 e. The van der Waals surface area contributed by atoms with Gasteiger partial charge in [-0.1, -0.05) is 6.07 Å². The average molecular weight is 356 g/mol. The fraction of sp³-hybridized carbons (Fsp3) is 0.316. The van der Waals surface area contributed by atoms with Crippen LogP contribution in [0.2, 0.25) is 0 Å². The van der Waals surface area contributed by atoms with Crippen LogP contribution in [0.4, 0.5) is 0 Å². The number of morpholine rings is 1. The molecule has 1 N–H and O–H groups in total. The first-order valence-corrected chi connectivity index (χ1v) is 8.32. The summed E-state index contributed by atoms with van der Waals surface area (Å²) in [6, 6.07) is 7.79. The number of ether oxygens (including phenoxy) is 2. The number of aromatic nitrogens is 1. The number of nitrogens with zero attached hydrogens (tertiary/aromatic N) is 2. The lowest BCUT2D eigenvalue weighted by Gasteiger charge is -2.35. The molecule has 0 aliphatic carbocycles. The molecule has 0 bridgehead atoms. The second-order valence-corrected chi connectivity index (χ2v) is 5.98. The summed E-state index contributed by atoms with van der Waals surface area (Å²) in [5.74, 6) is 0.00543. The molecule has 3 rings (SSSR count). The highest BCUT2D eigenvalue weighted by molar-refractivity contribution is 5.95. The number of phenols is 1. The Hall–Kier alpha value is -2.93. The number of pyridine rings is 1. The minimum atomic E-state index is -0.308. The molecule has 1 aromatic carbocycles. The molecule has 136 valence electrons. The van der Waals surface area contributed by atoms with Crippen LogP contribution in [0.15, 0.2) is 36.5 Å². The van der Waals surface area contributed by atoms with Gasteiger partial charge in [0, 0.05) is 18.4 Å². The van der Waals surface area contributed by atoms with Crippen LogP contribution < -0.4 is 4.74 Å². The molecule has 1 aliphatic heterocycles. The summed E-state index contributed by atoms with van der Waals surface area (Å²) in [6.07, 6.45) is 2.19. The van der Waals surface area contributed by atoms with Gasteiger partial charge in [-0.25, -0.2) is 0 Å². The van der Waals surface area contributed by atoms with E-state index in [4.69, 9.17) is 9.47 Å². The van der Waals surface area contributed by atoms with Crippen LogP contribution in [-0.4, -0.2) is 59.6 Å². The lowest BCUT2D eigenvalue weighted by Crippen LogP contribution is -2.51. The van der Waals surface area contributed by atoms with Crippen molar-refractivity contribution in [3.8, 4) is 11.5 Å². The molecule has 1 aliphatic rings. The maximum Gasteiger partial charge on any atom is 0.256 e. The lowest BCUT2D eigenvalue weighted by atomic mass is 10.1. The maximum atomic E-state index is 12.9. The number of benzene rings is 1. The molecular weight excluding hydrogens is 336 g/mol. The summed E-state index contributed by atoms with van der Waals surface area (Å²) in [6.45, 7) is 3.17. The molecule has 1 amide bonds. The summed E-state index contributed by atoms with van der Waals surface area (Å²) < 4.78 is 11.2. The molecule has 1 atom stereocenters. The molecule has 0 saturated carbocycles. The van der Waals surface area contributed by atoms with Crippen LogP contribution in [0.1, 0.15) is 26.4 Å². The van der Waals surface area contributed by atoms with Crippen LogP contribution in [0.25, 0.3) is 0 Å². The average Bonchev–Trinajstić information content (AvgIpc) is 2.66. The van der Waals surface area contributed by atoms with Crippen LogP contribution in [-0.2, 0) is 4.74 Å². The van der Waals surface area contributed by atoms with E-state index in [9.17, 15) is 14.7 Å². The molecule has 1 saturated heterocycles. The third kappa shape index (κ3) is 3.67. The molecule has 0 spiro atoms. The fourth-order valence-electron chi connectivity index (χ4n) is 2.89. The van der Waals surface area contributed by atoms with Crippen molar-refractivity contribution in [3.05, 3.63) is 53.3 Å². The van der Waals surface area contributed by atoms with Gasteiger partial charge in [0.2, 0.25) is 0 Å². The number of carbonyl (C=O) groups excluding carboxylic acids is 2. The van der Waals surface area contributed by atoms with Crippen LogP contribution in [0.3, 0.4) is 0 Å². The third-order valence-electron chi connectivity index (χ3n) is 4.32. The highest BCUT2D eigenvalue weighted by Gasteiger charge is 2.29. The molecule has 26 heavy (non-hydrogen) atoms. The fourth-order valence-corrected chi connectivity index (χ4v) is 2.89. The van der Waals surface area contributed by atoms with Crippen LogP contribution in [0, 0.1) is 6.92 Å². The molecule has 7 heteroatoms. The van der Waals surface area contributed by atoms with Crippen molar-refractivity contribution < 1.29 is 24.2 Å². The number of phenolic OH excluding ortho intramolecular Hbond substituents is 1. The SMILES string of the molecule is Cc1ncccc1C(=O)N1CCOCC1COc1cccc(O)c1C=O. The van der Waals surface area contributed by atoms with E-state index in [1.54, 1.807) is 42.3 Å². The standard InChI is InChI=1S/C19H20N2O5/c1-13-15(4-3-7-20-13)19(24)21-8-9-25-11-14(21)12-26-18-6-2-5-17(23)16(18)10-22/h2-7,10,14,23H,8-9,11-12H2,1H3. The molecule has 1 fully saturated rings. The third-order valence-corrected chi connectivity index (χ3v) is 4.32. The number of aldehydes is 1. The highest BCUT2D eigenvalue weighted by Crippen LogP contribution is 2.26. The van der Waals surface area contributed by atoms with Gasteiger partial charge < -0.3 is 19.5 Å². The van der Waals surface area contributed by atoms with Gasteiger partial charge in [0.1, 0.15) is 18.1 Å². The Morgan fingerprint density at radius 1 is 1.42 bits per heavy atom. The first kappa shape index (κ1) is 17.9. The van der Waals surface area contributed by atoms with Crippen molar-refractivity contribution in [2.45, 2.75) is 13.0 Å². The molecule has 0 radical (unpaired) electrons. The van der Waals surface area contributed by atoms with E-state index in [0.717, 1.165) is 0 Å². The Morgan fingerprint density at radius 3 is 3.04 bits per heavy atom. The highest BCUT2D eigenvalue weighted by atomic mass is 16.5. The number of rotatable bonds is 5. The van der Waals surface area contributed by atoms with Crippen molar-refractivity contribution in [1.82, 2.24) is 9.88 Å². The van der Waals surface area contributed by atoms with Gasteiger partial charge in [-0.15, -0.1) is 0 Å². The zero-order valence-electron chi connectivity index (χ0n) is 14.4. The Kier molecular flexibility index (Phi) is 5.48. The normalized spacial score (nSPS) is 17.0. The number of aryl methyl sites for hydroxylation is 1. The van der Waals surface area contributed by atoms with E-state index in [2.05, 4.69) is 4.98 Å². The van der Waals surface area contributed by atoms with E-state index in [0.29, 0.717) is 37.3 Å². The topological polar surface area (TPSA) is 89.0 Å². The predicted octanol–water partition coefficient (Wildman–Crippen LogP) is 1.83.